The fourth-order valence-corrected chi connectivity index (χ4v) is 1.03. The van der Waals surface area contributed by atoms with Crippen molar-refractivity contribution in [2.24, 2.45) is 5.41 Å². The summed E-state index contributed by atoms with van der Waals surface area (Å²) in [5.41, 5.74) is -1.06. The van der Waals surface area contributed by atoms with Gasteiger partial charge in [0.2, 0.25) is 0 Å². The van der Waals surface area contributed by atoms with Crippen molar-refractivity contribution in [1.29, 1.82) is 0 Å². The van der Waals surface area contributed by atoms with Crippen LogP contribution in [-0.4, -0.2) is 31.4 Å². The highest BCUT2D eigenvalue weighted by Crippen LogP contribution is 2.20. The Kier molecular flexibility index (Phi) is 5.58. The first-order chi connectivity index (χ1) is 7.73. The van der Waals surface area contributed by atoms with Crippen LogP contribution in [-0.2, 0) is 23.9 Å². The molecule has 0 heterocycles. The van der Waals surface area contributed by atoms with Gasteiger partial charge >= 0.3 is 11.9 Å². The lowest BCUT2D eigenvalue weighted by atomic mass is 9.86. The summed E-state index contributed by atoms with van der Waals surface area (Å²) in [6.45, 7) is 6.76. The maximum Gasteiger partial charge on any atom is 0.341 e. The highest BCUT2D eigenvalue weighted by Gasteiger charge is 2.30. The fourth-order valence-electron chi connectivity index (χ4n) is 1.03. The normalized spacial score (nSPS) is 11.9. The molecule has 96 valence electrons. The molecule has 0 spiro atoms. The first-order valence-electron chi connectivity index (χ1n) is 5.25. The molecule has 17 heavy (non-hydrogen) atoms. The lowest BCUT2D eigenvalue weighted by molar-refractivity contribution is -0.141. The number of hydrogen-bond acceptors (Lipinski definition) is 5. The van der Waals surface area contributed by atoms with Crippen molar-refractivity contribution in [2.75, 3.05) is 13.7 Å². The number of ketones is 1. The maximum atomic E-state index is 11.9. The maximum absolute atomic E-state index is 11.9. The summed E-state index contributed by atoms with van der Waals surface area (Å²) in [5.74, 6) is -2.03. The van der Waals surface area contributed by atoms with Gasteiger partial charge in [0.15, 0.2) is 5.78 Å². The van der Waals surface area contributed by atoms with Gasteiger partial charge in [0.05, 0.1) is 13.7 Å². The van der Waals surface area contributed by atoms with Crippen molar-refractivity contribution >= 4 is 17.7 Å². The summed E-state index contributed by atoms with van der Waals surface area (Å²) in [4.78, 5) is 34.6. The van der Waals surface area contributed by atoms with E-state index in [1.807, 2.05) is 0 Å². The molecule has 0 radical (unpaired) electrons. The quantitative estimate of drug-likeness (QED) is 0.321. The van der Waals surface area contributed by atoms with Crippen LogP contribution >= 0.6 is 0 Å². The second kappa shape index (κ2) is 6.18. The average molecular weight is 242 g/mol. The van der Waals surface area contributed by atoms with Gasteiger partial charge in [0, 0.05) is 11.5 Å². The molecule has 0 atom stereocenters. The molecule has 0 saturated carbocycles. The van der Waals surface area contributed by atoms with Gasteiger partial charge in [-0.1, -0.05) is 20.8 Å². The molecule has 0 aromatic carbocycles. The van der Waals surface area contributed by atoms with E-state index in [9.17, 15) is 14.4 Å². The van der Waals surface area contributed by atoms with Gasteiger partial charge in [-0.3, -0.25) is 4.79 Å². The molecule has 0 aliphatic heterocycles. The summed E-state index contributed by atoms with van der Waals surface area (Å²) in [6, 6.07) is 0. The van der Waals surface area contributed by atoms with E-state index in [-0.39, 0.29) is 12.2 Å². The second-order valence-electron chi connectivity index (χ2n) is 4.38. The van der Waals surface area contributed by atoms with Crippen LogP contribution in [0.2, 0.25) is 0 Å². The van der Waals surface area contributed by atoms with E-state index in [1.54, 1.807) is 27.7 Å². The second-order valence-corrected chi connectivity index (χ2v) is 4.38. The molecule has 0 aliphatic carbocycles. The topological polar surface area (TPSA) is 69.7 Å². The van der Waals surface area contributed by atoms with E-state index in [0.717, 1.165) is 13.2 Å². The van der Waals surface area contributed by atoms with Gasteiger partial charge in [-0.15, -0.1) is 0 Å². The van der Waals surface area contributed by atoms with Gasteiger partial charge < -0.3 is 9.47 Å². The number of methoxy groups -OCH3 is 1. The molecule has 0 aromatic heterocycles. The third-order valence-corrected chi connectivity index (χ3v) is 1.88. The number of Topliss-reactive ketones (excluding diaryl/α,β-unsaturated/α-hetero) is 1. The Balaban J connectivity index is 5.23. The zero-order valence-electron chi connectivity index (χ0n) is 10.8. The molecule has 0 N–H and O–H groups in total. The number of carbonyl (C=O) groups excluding carboxylic acids is 3. The molecular formula is C12H18O5. The molecule has 0 saturated heterocycles. The largest absolute Gasteiger partial charge is 0.465 e. The van der Waals surface area contributed by atoms with E-state index >= 15 is 0 Å². The predicted molar refractivity (Wildman–Crippen MR) is 61.2 cm³/mol. The van der Waals surface area contributed by atoms with Gasteiger partial charge in [-0.05, 0) is 6.92 Å². The lowest BCUT2D eigenvalue weighted by Crippen LogP contribution is -2.27. The van der Waals surface area contributed by atoms with Crippen LogP contribution in [0.3, 0.4) is 0 Å². The summed E-state index contributed by atoms with van der Waals surface area (Å²) < 4.78 is 9.13. The Labute approximate surface area is 101 Å². The standard InChI is InChI=1S/C12H18O5/c1-6-17-9(13)7-8(11(15)16-5)10(14)12(2,3)4/h7H,6H2,1-5H3. The number of esters is 2. The molecule has 0 unspecified atom stereocenters. The SMILES string of the molecule is CCOC(=O)C=C(C(=O)OC)C(=O)C(C)(C)C. The van der Waals surface area contributed by atoms with E-state index in [4.69, 9.17) is 0 Å². The van der Waals surface area contributed by atoms with Gasteiger partial charge in [-0.25, -0.2) is 9.59 Å². The summed E-state index contributed by atoms with van der Waals surface area (Å²) in [6.07, 6.45) is 0.878. The highest BCUT2D eigenvalue weighted by molar-refractivity contribution is 6.21. The molecule has 5 nitrogen and oxygen atoms in total. The van der Waals surface area contributed by atoms with Crippen molar-refractivity contribution in [3.8, 4) is 0 Å². The third kappa shape index (κ3) is 4.80. The summed E-state index contributed by atoms with van der Waals surface area (Å²) in [5, 5.41) is 0. The van der Waals surface area contributed by atoms with E-state index in [1.165, 1.54) is 0 Å². The Morgan fingerprint density at radius 2 is 1.71 bits per heavy atom. The molecule has 0 bridgehead atoms. The number of ether oxygens (including phenoxy) is 2. The Morgan fingerprint density at radius 3 is 2.06 bits per heavy atom. The molecular weight excluding hydrogens is 224 g/mol. The van der Waals surface area contributed by atoms with Gasteiger partial charge in [0.25, 0.3) is 0 Å². The Hall–Kier alpha value is -1.65. The van der Waals surface area contributed by atoms with Crippen LogP contribution in [0, 0.1) is 5.41 Å². The van der Waals surface area contributed by atoms with Crippen molar-refractivity contribution in [2.45, 2.75) is 27.7 Å². The lowest BCUT2D eigenvalue weighted by Gasteiger charge is -2.17. The van der Waals surface area contributed by atoms with Gasteiger partial charge in [0.1, 0.15) is 5.57 Å². The van der Waals surface area contributed by atoms with E-state index < -0.39 is 23.1 Å². The zero-order valence-corrected chi connectivity index (χ0v) is 10.8. The van der Waals surface area contributed by atoms with Gasteiger partial charge in [-0.2, -0.15) is 0 Å². The fraction of sp³-hybridized carbons (Fsp3) is 0.583. The van der Waals surface area contributed by atoms with E-state index in [0.29, 0.717) is 0 Å². The van der Waals surface area contributed by atoms with Crippen molar-refractivity contribution < 1.29 is 23.9 Å². The van der Waals surface area contributed by atoms with Crippen molar-refractivity contribution in [3.05, 3.63) is 11.6 Å². The first kappa shape index (κ1) is 15.3. The van der Waals surface area contributed by atoms with Crippen LogP contribution in [0.1, 0.15) is 27.7 Å². The Morgan fingerprint density at radius 1 is 1.18 bits per heavy atom. The predicted octanol–water partition coefficient (Wildman–Crippen LogP) is 1.26. The number of hydrogen-bond donors (Lipinski definition) is 0. The Bertz CT molecular complexity index is 346. The minimum atomic E-state index is -0.835. The first-order valence-corrected chi connectivity index (χ1v) is 5.25. The zero-order chi connectivity index (χ0) is 13.6. The smallest absolute Gasteiger partial charge is 0.341 e. The average Bonchev–Trinajstić information content (AvgIpc) is 2.23. The summed E-state index contributed by atoms with van der Waals surface area (Å²) >= 11 is 0. The minimum absolute atomic E-state index is 0.174. The molecule has 0 rings (SSSR count). The van der Waals surface area contributed by atoms with Crippen LogP contribution in [0.25, 0.3) is 0 Å². The molecule has 0 aliphatic rings. The molecule has 5 heteroatoms. The van der Waals surface area contributed by atoms with Crippen molar-refractivity contribution in [1.82, 2.24) is 0 Å². The van der Waals surface area contributed by atoms with Crippen molar-refractivity contribution in [3.63, 3.8) is 0 Å². The monoisotopic (exact) mass is 242 g/mol. The number of rotatable bonds is 4. The molecule has 0 amide bonds. The van der Waals surface area contributed by atoms with Crippen LogP contribution in [0.15, 0.2) is 11.6 Å². The summed E-state index contributed by atoms with van der Waals surface area (Å²) in [7, 11) is 1.15. The molecule has 0 aromatic rings. The van der Waals surface area contributed by atoms with Crippen LogP contribution < -0.4 is 0 Å². The highest BCUT2D eigenvalue weighted by atomic mass is 16.5. The number of carbonyl (C=O) groups is 3. The van der Waals surface area contributed by atoms with Crippen LogP contribution in [0.5, 0.6) is 0 Å². The molecule has 0 fully saturated rings. The minimum Gasteiger partial charge on any atom is -0.465 e. The van der Waals surface area contributed by atoms with E-state index in [2.05, 4.69) is 9.47 Å². The third-order valence-electron chi connectivity index (χ3n) is 1.88. The van der Waals surface area contributed by atoms with Crippen LogP contribution in [0.4, 0.5) is 0 Å².